The number of halogens is 4. The number of anilines is 1. The van der Waals surface area contributed by atoms with Gasteiger partial charge in [0.05, 0.1) is 10.5 Å². The van der Waals surface area contributed by atoms with Crippen molar-refractivity contribution in [2.24, 2.45) is 0 Å². The fraction of sp³-hybridized carbons (Fsp3) is 0.154. The van der Waals surface area contributed by atoms with Gasteiger partial charge in [0, 0.05) is 12.1 Å². The number of nitro benzene ring substituents is 1. The second kappa shape index (κ2) is 5.27. The Hall–Kier alpha value is -2.55. The van der Waals surface area contributed by atoms with E-state index in [-0.39, 0.29) is 22.6 Å². The summed E-state index contributed by atoms with van der Waals surface area (Å²) in [6.07, 6.45) is -3.25. The maximum atomic E-state index is 13.1. The van der Waals surface area contributed by atoms with Crippen LogP contribution in [-0.2, 0) is 6.18 Å². The fourth-order valence-electron chi connectivity index (χ4n) is 2.33. The summed E-state index contributed by atoms with van der Waals surface area (Å²) in [5.41, 5.74) is -1.56. The van der Waals surface area contributed by atoms with Crippen molar-refractivity contribution in [2.75, 3.05) is 5.32 Å². The third kappa shape index (κ3) is 2.74. The van der Waals surface area contributed by atoms with E-state index in [1.165, 1.54) is 30.3 Å². The highest BCUT2D eigenvalue weighted by molar-refractivity contribution is 6.24. The second-order valence-corrected chi connectivity index (χ2v) is 5.22. The first-order valence-electron chi connectivity index (χ1n) is 6.30. The lowest BCUT2D eigenvalue weighted by atomic mass is 9.94. The minimum atomic E-state index is -4.65. The predicted octanol–water partition coefficient (Wildman–Crippen LogP) is 3.76. The number of H-pyrrole nitrogens is 1. The maximum absolute atomic E-state index is 13.1. The summed E-state index contributed by atoms with van der Waals surface area (Å²) in [5, 5.41) is 18.9. The Bertz CT molecular complexity index is 799. The highest BCUT2D eigenvalue weighted by Crippen LogP contribution is 2.42. The molecule has 10 heteroatoms. The number of aromatic amines is 1. The third-order valence-corrected chi connectivity index (χ3v) is 3.52. The van der Waals surface area contributed by atoms with Gasteiger partial charge in [0.2, 0.25) is 0 Å². The van der Waals surface area contributed by atoms with Gasteiger partial charge in [-0.1, -0.05) is 11.6 Å². The Kier molecular flexibility index (Phi) is 3.52. The molecule has 0 amide bonds. The number of benzene rings is 1. The number of rotatable bonds is 2. The van der Waals surface area contributed by atoms with E-state index < -0.39 is 22.3 Å². The van der Waals surface area contributed by atoms with E-state index in [4.69, 9.17) is 11.6 Å². The molecule has 0 radical (unpaired) electrons. The molecule has 23 heavy (non-hydrogen) atoms. The van der Waals surface area contributed by atoms with Crippen molar-refractivity contribution in [1.82, 2.24) is 10.2 Å². The highest BCUT2D eigenvalue weighted by atomic mass is 35.5. The third-order valence-electron chi connectivity index (χ3n) is 3.29. The zero-order valence-corrected chi connectivity index (χ0v) is 11.9. The van der Waals surface area contributed by atoms with Crippen LogP contribution in [0, 0.1) is 10.1 Å². The van der Waals surface area contributed by atoms with E-state index in [9.17, 15) is 23.3 Å². The zero-order valence-electron chi connectivity index (χ0n) is 11.2. The summed E-state index contributed by atoms with van der Waals surface area (Å²) in [7, 11) is 0. The number of nitrogens with one attached hydrogen (secondary N) is 2. The fourth-order valence-corrected chi connectivity index (χ4v) is 2.56. The van der Waals surface area contributed by atoms with Crippen LogP contribution in [0.4, 0.5) is 24.7 Å². The molecule has 0 saturated carbocycles. The zero-order chi connectivity index (χ0) is 16.8. The SMILES string of the molecule is O=[N+]([O-])c1ccc(C2=CC(Cl)Nc3[nH]nc(C(F)(F)F)c32)cc1. The van der Waals surface area contributed by atoms with Crippen molar-refractivity contribution >= 4 is 28.7 Å². The van der Waals surface area contributed by atoms with E-state index >= 15 is 0 Å². The lowest BCUT2D eigenvalue weighted by Crippen LogP contribution is -2.18. The molecule has 1 aromatic carbocycles. The Labute approximate surface area is 132 Å². The average Bonchev–Trinajstić information content (AvgIpc) is 2.90. The molecule has 2 heterocycles. The molecular formula is C13H8ClF3N4O2. The molecule has 2 aromatic rings. The number of nitro groups is 1. The average molecular weight is 345 g/mol. The molecule has 0 saturated heterocycles. The van der Waals surface area contributed by atoms with E-state index in [1.54, 1.807) is 0 Å². The van der Waals surface area contributed by atoms with E-state index in [2.05, 4.69) is 15.5 Å². The molecule has 120 valence electrons. The van der Waals surface area contributed by atoms with E-state index in [0.29, 0.717) is 5.56 Å². The van der Waals surface area contributed by atoms with Crippen LogP contribution in [0.5, 0.6) is 0 Å². The van der Waals surface area contributed by atoms with Gasteiger partial charge in [0.1, 0.15) is 11.3 Å². The number of non-ortho nitro benzene ring substituents is 1. The number of nitrogens with zero attached hydrogens (tertiary/aromatic N) is 2. The van der Waals surface area contributed by atoms with Gasteiger partial charge in [0.15, 0.2) is 5.69 Å². The van der Waals surface area contributed by atoms with Crippen LogP contribution in [-0.4, -0.2) is 20.6 Å². The Morgan fingerprint density at radius 2 is 1.91 bits per heavy atom. The summed E-state index contributed by atoms with van der Waals surface area (Å²) in [6, 6.07) is 5.18. The molecule has 2 N–H and O–H groups in total. The standard InChI is InChI=1S/C13H8ClF3N4O2/c14-9-5-8(6-1-3-7(4-2-6)21(22)23)10-11(13(15,16)17)19-20-12(10)18-9/h1-5,9H,(H2,18,19,20). The van der Waals surface area contributed by atoms with E-state index in [0.717, 1.165) is 0 Å². The quantitative estimate of drug-likeness (QED) is 0.376. The van der Waals surface area contributed by atoms with E-state index in [1.807, 2.05) is 0 Å². The summed E-state index contributed by atoms with van der Waals surface area (Å²) in [5.74, 6) is 0.0492. The van der Waals surface area contributed by atoms with Crippen molar-refractivity contribution in [3.05, 3.63) is 57.3 Å². The van der Waals surface area contributed by atoms with Crippen molar-refractivity contribution < 1.29 is 18.1 Å². The van der Waals surface area contributed by atoms with Gasteiger partial charge in [-0.25, -0.2) is 0 Å². The molecular weight excluding hydrogens is 337 g/mol. The molecule has 0 bridgehead atoms. The molecule has 1 aliphatic heterocycles. The topological polar surface area (TPSA) is 83.9 Å². The molecule has 1 atom stereocenters. The number of hydrogen-bond donors (Lipinski definition) is 2. The Balaban J connectivity index is 2.13. The van der Waals surface area contributed by atoms with Gasteiger partial charge in [-0.2, -0.15) is 18.3 Å². The van der Waals surface area contributed by atoms with Crippen LogP contribution in [0.2, 0.25) is 0 Å². The molecule has 1 aliphatic rings. The lowest BCUT2D eigenvalue weighted by molar-refractivity contribution is -0.384. The van der Waals surface area contributed by atoms with Gasteiger partial charge >= 0.3 is 6.18 Å². The minimum absolute atomic E-state index is 0.0492. The molecule has 0 spiro atoms. The number of aromatic nitrogens is 2. The molecule has 1 unspecified atom stereocenters. The van der Waals surface area contributed by atoms with Crippen molar-refractivity contribution in [3.63, 3.8) is 0 Å². The summed E-state index contributed by atoms with van der Waals surface area (Å²) in [4.78, 5) is 10.1. The van der Waals surface area contributed by atoms with Gasteiger partial charge in [-0.3, -0.25) is 15.2 Å². The molecule has 1 aromatic heterocycles. The van der Waals surface area contributed by atoms with Crippen LogP contribution in [0.3, 0.4) is 0 Å². The normalized spacial score (nSPS) is 17.2. The first-order valence-corrected chi connectivity index (χ1v) is 6.74. The molecule has 0 aliphatic carbocycles. The van der Waals surface area contributed by atoms with Gasteiger partial charge in [0.25, 0.3) is 5.69 Å². The van der Waals surface area contributed by atoms with Crippen molar-refractivity contribution in [2.45, 2.75) is 11.7 Å². The first kappa shape index (κ1) is 15.3. The van der Waals surface area contributed by atoms with Crippen molar-refractivity contribution in [3.8, 4) is 0 Å². The summed E-state index contributed by atoms with van der Waals surface area (Å²) < 4.78 is 39.3. The van der Waals surface area contributed by atoms with Crippen molar-refractivity contribution in [1.29, 1.82) is 0 Å². The number of alkyl halides is 4. The number of fused-ring (bicyclic) bond motifs is 1. The van der Waals surface area contributed by atoms with Crippen LogP contribution < -0.4 is 5.32 Å². The monoisotopic (exact) mass is 344 g/mol. The predicted molar refractivity (Wildman–Crippen MR) is 77.0 cm³/mol. The van der Waals surface area contributed by atoms with Gasteiger partial charge < -0.3 is 5.32 Å². The minimum Gasteiger partial charge on any atom is -0.351 e. The second-order valence-electron chi connectivity index (χ2n) is 4.75. The summed E-state index contributed by atoms with van der Waals surface area (Å²) in [6.45, 7) is 0. The largest absolute Gasteiger partial charge is 0.435 e. The number of hydrogen-bond acceptors (Lipinski definition) is 4. The lowest BCUT2D eigenvalue weighted by Gasteiger charge is -2.20. The highest BCUT2D eigenvalue weighted by Gasteiger charge is 2.40. The van der Waals surface area contributed by atoms with Crippen LogP contribution in [0.25, 0.3) is 5.57 Å². The maximum Gasteiger partial charge on any atom is 0.435 e. The Morgan fingerprint density at radius 1 is 1.26 bits per heavy atom. The van der Waals surface area contributed by atoms with Crippen LogP contribution in [0.15, 0.2) is 30.3 Å². The first-order chi connectivity index (χ1) is 10.8. The Morgan fingerprint density at radius 3 is 2.48 bits per heavy atom. The molecule has 3 rings (SSSR count). The molecule has 0 fully saturated rings. The van der Waals surface area contributed by atoms with Crippen LogP contribution in [0.1, 0.15) is 16.8 Å². The van der Waals surface area contributed by atoms with Crippen LogP contribution >= 0.6 is 11.6 Å². The smallest absolute Gasteiger partial charge is 0.351 e. The van der Waals surface area contributed by atoms with Gasteiger partial charge in [-0.15, -0.1) is 0 Å². The molecule has 6 nitrogen and oxygen atoms in total. The van der Waals surface area contributed by atoms with Gasteiger partial charge in [-0.05, 0) is 29.3 Å². The summed E-state index contributed by atoms with van der Waals surface area (Å²) >= 11 is 5.97.